The number of carboxylic acid groups (broad SMARTS) is 1. The Kier molecular flexibility index (Phi) is 4.86. The van der Waals surface area contributed by atoms with Crippen molar-refractivity contribution in [3.63, 3.8) is 0 Å². The van der Waals surface area contributed by atoms with Crippen LogP contribution in [0.2, 0.25) is 0 Å². The van der Waals surface area contributed by atoms with Crippen LogP contribution in [0.4, 0.5) is 23.7 Å². The standard InChI is InChI=1S/C14H16F3NO4/c1-7(2)11(19)9-6-8(13(3,22)14(15,16)17)4-5-10(9)18-12(20)21/h4-7,18,22H,1-3H3,(H,20,21)/t13-/m0/s1. The van der Waals surface area contributed by atoms with E-state index in [1.165, 1.54) is 13.8 Å². The number of carbonyl (C=O) groups is 2. The molecule has 0 aliphatic heterocycles. The molecule has 0 saturated carbocycles. The summed E-state index contributed by atoms with van der Waals surface area (Å²) < 4.78 is 38.6. The smallest absolute Gasteiger partial charge is 0.421 e. The molecule has 122 valence electrons. The molecule has 8 heteroatoms. The molecule has 0 aliphatic carbocycles. The van der Waals surface area contributed by atoms with E-state index in [0.29, 0.717) is 6.92 Å². The third-order valence-corrected chi connectivity index (χ3v) is 3.17. The largest absolute Gasteiger partial charge is 0.465 e. The van der Waals surface area contributed by atoms with Crippen LogP contribution in [-0.2, 0) is 5.60 Å². The molecule has 5 nitrogen and oxygen atoms in total. The quantitative estimate of drug-likeness (QED) is 0.743. The van der Waals surface area contributed by atoms with Crippen LogP contribution in [-0.4, -0.2) is 28.3 Å². The van der Waals surface area contributed by atoms with Gasteiger partial charge in [-0.2, -0.15) is 13.2 Å². The summed E-state index contributed by atoms with van der Waals surface area (Å²) >= 11 is 0. The summed E-state index contributed by atoms with van der Waals surface area (Å²) in [6, 6.07) is 2.82. The number of amides is 1. The fraction of sp³-hybridized carbons (Fsp3) is 0.429. The number of hydrogen-bond donors (Lipinski definition) is 3. The number of ketones is 1. The lowest BCUT2D eigenvalue weighted by Crippen LogP contribution is -2.39. The molecule has 0 saturated heterocycles. The van der Waals surface area contributed by atoms with Gasteiger partial charge in [-0.1, -0.05) is 19.9 Å². The zero-order valence-corrected chi connectivity index (χ0v) is 12.2. The number of Topliss-reactive ketones (excluding diaryl/α,β-unsaturated/α-hetero) is 1. The van der Waals surface area contributed by atoms with Gasteiger partial charge in [0.15, 0.2) is 11.4 Å². The van der Waals surface area contributed by atoms with Crippen LogP contribution in [0.15, 0.2) is 18.2 Å². The molecule has 1 aromatic rings. The van der Waals surface area contributed by atoms with E-state index in [0.717, 1.165) is 18.2 Å². The first-order valence-electron chi connectivity index (χ1n) is 6.35. The summed E-state index contributed by atoms with van der Waals surface area (Å²) in [5, 5.41) is 20.3. The molecule has 0 bridgehead atoms. The van der Waals surface area contributed by atoms with Gasteiger partial charge in [0.1, 0.15) is 0 Å². The zero-order chi connectivity index (χ0) is 17.3. The van der Waals surface area contributed by atoms with Gasteiger partial charge in [-0.15, -0.1) is 0 Å². The second-order valence-corrected chi connectivity index (χ2v) is 5.28. The highest BCUT2D eigenvalue weighted by Gasteiger charge is 2.51. The van der Waals surface area contributed by atoms with Crippen molar-refractivity contribution in [2.75, 3.05) is 5.32 Å². The molecular formula is C14H16F3NO4. The highest BCUT2D eigenvalue weighted by molar-refractivity contribution is 6.04. The molecule has 1 rings (SSSR count). The minimum absolute atomic E-state index is 0.132. The Morgan fingerprint density at radius 1 is 1.23 bits per heavy atom. The van der Waals surface area contributed by atoms with Gasteiger partial charge in [-0.3, -0.25) is 10.1 Å². The van der Waals surface area contributed by atoms with Gasteiger partial charge in [0.2, 0.25) is 0 Å². The molecule has 0 aromatic heterocycles. The lowest BCUT2D eigenvalue weighted by atomic mass is 9.90. The number of hydrogen-bond acceptors (Lipinski definition) is 3. The predicted octanol–water partition coefficient (Wildman–Crippen LogP) is 3.39. The third kappa shape index (κ3) is 3.56. The summed E-state index contributed by atoms with van der Waals surface area (Å²) in [4.78, 5) is 22.8. The van der Waals surface area contributed by atoms with Crippen LogP contribution in [0, 0.1) is 5.92 Å². The minimum Gasteiger partial charge on any atom is -0.465 e. The fourth-order valence-electron chi connectivity index (χ4n) is 1.75. The van der Waals surface area contributed by atoms with Crippen molar-refractivity contribution in [3.8, 4) is 0 Å². The summed E-state index contributed by atoms with van der Waals surface area (Å²) in [5.74, 6) is -1.09. The van der Waals surface area contributed by atoms with Gasteiger partial charge in [0.25, 0.3) is 0 Å². The Morgan fingerprint density at radius 2 is 1.77 bits per heavy atom. The summed E-state index contributed by atoms with van der Waals surface area (Å²) in [5.41, 5.74) is -4.05. The van der Waals surface area contributed by atoms with Crippen molar-refractivity contribution < 1.29 is 33.0 Å². The SMILES string of the molecule is CC(C)C(=O)c1cc([C@](C)(O)C(F)(F)F)ccc1NC(=O)O. The van der Waals surface area contributed by atoms with Crippen molar-refractivity contribution in [2.24, 2.45) is 5.92 Å². The third-order valence-electron chi connectivity index (χ3n) is 3.17. The number of carbonyl (C=O) groups excluding carboxylic acids is 1. The number of rotatable bonds is 4. The Labute approximate surface area is 124 Å². The van der Waals surface area contributed by atoms with E-state index < -0.39 is 35.1 Å². The summed E-state index contributed by atoms with van der Waals surface area (Å²) in [6.07, 6.45) is -6.39. The molecule has 1 atom stereocenters. The van der Waals surface area contributed by atoms with Crippen molar-refractivity contribution in [1.82, 2.24) is 0 Å². The first-order chi connectivity index (χ1) is 9.87. The molecular weight excluding hydrogens is 303 g/mol. The lowest BCUT2D eigenvalue weighted by Gasteiger charge is -2.27. The van der Waals surface area contributed by atoms with Crippen LogP contribution in [0.5, 0.6) is 0 Å². The fourth-order valence-corrected chi connectivity index (χ4v) is 1.75. The molecule has 1 aromatic carbocycles. The monoisotopic (exact) mass is 319 g/mol. The molecule has 0 spiro atoms. The Bertz CT molecular complexity index is 594. The minimum atomic E-state index is -4.94. The van der Waals surface area contributed by atoms with Gasteiger partial charge in [-0.25, -0.2) is 4.79 Å². The molecule has 22 heavy (non-hydrogen) atoms. The van der Waals surface area contributed by atoms with Crippen LogP contribution in [0.1, 0.15) is 36.7 Å². The number of alkyl halides is 3. The van der Waals surface area contributed by atoms with Crippen molar-refractivity contribution in [2.45, 2.75) is 32.5 Å². The summed E-state index contributed by atoms with van der Waals surface area (Å²) in [7, 11) is 0. The predicted molar refractivity (Wildman–Crippen MR) is 72.9 cm³/mol. The second-order valence-electron chi connectivity index (χ2n) is 5.28. The first kappa shape index (κ1) is 18.0. The van der Waals surface area contributed by atoms with E-state index in [4.69, 9.17) is 5.11 Å². The Hall–Kier alpha value is -2.09. The zero-order valence-electron chi connectivity index (χ0n) is 12.2. The summed E-state index contributed by atoms with van der Waals surface area (Å²) in [6.45, 7) is 3.62. The highest BCUT2D eigenvalue weighted by atomic mass is 19.4. The number of anilines is 1. The van der Waals surface area contributed by atoms with Crippen molar-refractivity contribution in [3.05, 3.63) is 29.3 Å². The lowest BCUT2D eigenvalue weighted by molar-refractivity contribution is -0.258. The van der Waals surface area contributed by atoms with Crippen LogP contribution >= 0.6 is 0 Å². The van der Waals surface area contributed by atoms with Gasteiger partial charge < -0.3 is 10.2 Å². The van der Waals surface area contributed by atoms with E-state index in [1.807, 2.05) is 5.32 Å². The van der Waals surface area contributed by atoms with Gasteiger partial charge in [-0.05, 0) is 24.6 Å². The molecule has 3 N–H and O–H groups in total. The second kappa shape index (κ2) is 5.96. The van der Waals surface area contributed by atoms with E-state index in [2.05, 4.69) is 0 Å². The molecule has 0 unspecified atom stereocenters. The van der Waals surface area contributed by atoms with Gasteiger partial charge in [0.05, 0.1) is 5.69 Å². The van der Waals surface area contributed by atoms with Gasteiger partial charge in [0, 0.05) is 11.5 Å². The maximum absolute atomic E-state index is 12.9. The highest BCUT2D eigenvalue weighted by Crippen LogP contribution is 2.39. The van der Waals surface area contributed by atoms with E-state index in [1.54, 1.807) is 0 Å². The first-order valence-corrected chi connectivity index (χ1v) is 6.35. The normalized spacial score (nSPS) is 14.5. The van der Waals surface area contributed by atoms with Crippen LogP contribution in [0.3, 0.4) is 0 Å². The van der Waals surface area contributed by atoms with Crippen molar-refractivity contribution >= 4 is 17.6 Å². The number of benzene rings is 1. The average molecular weight is 319 g/mol. The Balaban J connectivity index is 3.46. The maximum atomic E-state index is 12.9. The van der Waals surface area contributed by atoms with Gasteiger partial charge >= 0.3 is 12.3 Å². The average Bonchev–Trinajstić information content (AvgIpc) is 2.35. The van der Waals surface area contributed by atoms with E-state index in [9.17, 15) is 27.9 Å². The maximum Gasteiger partial charge on any atom is 0.421 e. The van der Waals surface area contributed by atoms with Crippen LogP contribution < -0.4 is 5.32 Å². The topological polar surface area (TPSA) is 86.6 Å². The van der Waals surface area contributed by atoms with Crippen LogP contribution in [0.25, 0.3) is 0 Å². The number of aliphatic hydroxyl groups is 1. The molecule has 0 heterocycles. The molecule has 0 aliphatic rings. The molecule has 1 amide bonds. The number of halogens is 3. The molecule has 0 radical (unpaired) electrons. The Morgan fingerprint density at radius 3 is 2.18 bits per heavy atom. The van der Waals surface area contributed by atoms with E-state index >= 15 is 0 Å². The number of nitrogens with one attached hydrogen (secondary N) is 1. The van der Waals surface area contributed by atoms with Crippen molar-refractivity contribution in [1.29, 1.82) is 0 Å². The van der Waals surface area contributed by atoms with E-state index in [-0.39, 0.29) is 11.3 Å². The molecule has 0 fully saturated rings.